The first-order valence-corrected chi connectivity index (χ1v) is 8.35. The summed E-state index contributed by atoms with van der Waals surface area (Å²) in [5.74, 6) is -0.961. The van der Waals surface area contributed by atoms with Gasteiger partial charge in [-0.25, -0.2) is 4.79 Å². The van der Waals surface area contributed by atoms with Gasteiger partial charge in [-0.1, -0.05) is 90.5 Å². The predicted molar refractivity (Wildman–Crippen MR) is 99.6 cm³/mol. The van der Waals surface area contributed by atoms with Crippen LogP contribution in [0.1, 0.15) is 16.7 Å². The molecular formula is C21H18ClNO2. The lowest BCUT2D eigenvalue weighted by atomic mass is 9.82. The van der Waals surface area contributed by atoms with Crippen molar-refractivity contribution in [3.05, 3.63) is 107 Å². The maximum atomic E-state index is 12.4. The zero-order valence-corrected chi connectivity index (χ0v) is 14.3. The predicted octanol–water partition coefficient (Wildman–Crippen LogP) is 4.46. The van der Waals surface area contributed by atoms with Crippen molar-refractivity contribution >= 4 is 17.6 Å². The van der Waals surface area contributed by atoms with Crippen molar-refractivity contribution in [1.82, 2.24) is 5.32 Å². The minimum absolute atomic E-state index is 0.329. The quantitative estimate of drug-likeness (QED) is 0.689. The highest BCUT2D eigenvalue weighted by Crippen LogP contribution is 2.31. The molecule has 3 rings (SSSR count). The van der Waals surface area contributed by atoms with Gasteiger partial charge in [-0.05, 0) is 22.8 Å². The standard InChI is InChI=1S/C21H18ClNO2/c22-19-14-8-7-9-16(19)15-23-21(20(24)25,17-10-3-1-4-11-17)18-12-5-2-6-13-18/h1-14,23H,15H2,(H,24,25). The summed E-state index contributed by atoms with van der Waals surface area (Å²) in [7, 11) is 0. The van der Waals surface area contributed by atoms with Gasteiger partial charge in [-0.15, -0.1) is 0 Å². The molecule has 0 amide bonds. The van der Waals surface area contributed by atoms with Crippen molar-refractivity contribution in [1.29, 1.82) is 0 Å². The van der Waals surface area contributed by atoms with Crippen molar-refractivity contribution in [2.75, 3.05) is 0 Å². The van der Waals surface area contributed by atoms with Crippen LogP contribution in [0.4, 0.5) is 0 Å². The number of carboxylic acids is 1. The molecule has 4 heteroatoms. The molecule has 25 heavy (non-hydrogen) atoms. The Hall–Kier alpha value is -2.62. The number of benzene rings is 3. The average molecular weight is 352 g/mol. The minimum atomic E-state index is -1.36. The zero-order valence-electron chi connectivity index (χ0n) is 13.5. The van der Waals surface area contributed by atoms with Gasteiger partial charge in [0.25, 0.3) is 0 Å². The van der Waals surface area contributed by atoms with Crippen LogP contribution in [0.2, 0.25) is 5.02 Å². The summed E-state index contributed by atoms with van der Waals surface area (Å²) in [5.41, 5.74) is 0.824. The van der Waals surface area contributed by atoms with Crippen LogP contribution in [0.25, 0.3) is 0 Å². The molecule has 0 saturated heterocycles. The molecule has 0 bridgehead atoms. The number of rotatable bonds is 6. The summed E-state index contributed by atoms with van der Waals surface area (Å²) in [6.45, 7) is 0.329. The van der Waals surface area contributed by atoms with Gasteiger partial charge in [0, 0.05) is 11.6 Å². The third-order valence-electron chi connectivity index (χ3n) is 4.24. The fourth-order valence-electron chi connectivity index (χ4n) is 2.94. The molecule has 0 atom stereocenters. The Balaban J connectivity index is 2.08. The van der Waals surface area contributed by atoms with Gasteiger partial charge in [0.15, 0.2) is 5.54 Å². The molecule has 0 heterocycles. The lowest BCUT2D eigenvalue weighted by Gasteiger charge is -2.32. The first-order valence-electron chi connectivity index (χ1n) is 7.97. The van der Waals surface area contributed by atoms with Crippen LogP contribution >= 0.6 is 11.6 Å². The summed E-state index contributed by atoms with van der Waals surface area (Å²) in [6, 6.07) is 25.8. The Morgan fingerprint density at radius 3 is 1.80 bits per heavy atom. The first kappa shape index (κ1) is 17.2. The molecule has 3 aromatic rings. The molecule has 0 fully saturated rings. The highest BCUT2D eigenvalue weighted by molar-refractivity contribution is 6.31. The van der Waals surface area contributed by atoms with E-state index in [0.29, 0.717) is 22.7 Å². The first-order chi connectivity index (χ1) is 12.1. The molecule has 0 saturated carbocycles. The Kier molecular flexibility index (Phi) is 5.17. The van der Waals surface area contributed by atoms with Gasteiger partial charge >= 0.3 is 5.97 Å². The molecule has 0 unspecified atom stereocenters. The smallest absolute Gasteiger partial charge is 0.333 e. The lowest BCUT2D eigenvalue weighted by molar-refractivity contribution is -0.143. The van der Waals surface area contributed by atoms with Crippen molar-refractivity contribution in [2.24, 2.45) is 0 Å². The molecule has 0 spiro atoms. The fraction of sp³-hybridized carbons (Fsp3) is 0.0952. The maximum Gasteiger partial charge on any atom is 0.333 e. The van der Waals surface area contributed by atoms with E-state index in [1.165, 1.54) is 0 Å². The SMILES string of the molecule is O=C(O)C(NCc1ccccc1Cl)(c1ccccc1)c1ccccc1. The van der Waals surface area contributed by atoms with E-state index in [0.717, 1.165) is 5.56 Å². The second-order valence-electron chi connectivity index (χ2n) is 5.73. The number of aliphatic carboxylic acids is 1. The van der Waals surface area contributed by atoms with E-state index < -0.39 is 11.5 Å². The van der Waals surface area contributed by atoms with Gasteiger partial charge in [-0.3, -0.25) is 5.32 Å². The number of nitrogens with one attached hydrogen (secondary N) is 1. The molecule has 0 aliphatic heterocycles. The molecule has 3 aromatic carbocycles. The minimum Gasteiger partial charge on any atom is -0.479 e. The topological polar surface area (TPSA) is 49.3 Å². The highest BCUT2D eigenvalue weighted by atomic mass is 35.5. The van der Waals surface area contributed by atoms with E-state index in [4.69, 9.17) is 11.6 Å². The van der Waals surface area contributed by atoms with E-state index in [1.807, 2.05) is 78.9 Å². The summed E-state index contributed by atoms with van der Waals surface area (Å²) in [6.07, 6.45) is 0. The van der Waals surface area contributed by atoms with Gasteiger partial charge < -0.3 is 5.11 Å². The van der Waals surface area contributed by atoms with Crippen molar-refractivity contribution in [2.45, 2.75) is 12.1 Å². The molecule has 0 aliphatic rings. The Morgan fingerprint density at radius 1 is 0.840 bits per heavy atom. The molecule has 0 aromatic heterocycles. The maximum absolute atomic E-state index is 12.4. The molecule has 3 nitrogen and oxygen atoms in total. The molecule has 126 valence electrons. The number of halogens is 1. The monoisotopic (exact) mass is 351 g/mol. The molecular weight excluding hydrogens is 334 g/mol. The Morgan fingerprint density at radius 2 is 1.32 bits per heavy atom. The van der Waals surface area contributed by atoms with Crippen LogP contribution in [0.15, 0.2) is 84.9 Å². The van der Waals surface area contributed by atoms with E-state index in [-0.39, 0.29) is 0 Å². The van der Waals surface area contributed by atoms with Crippen LogP contribution < -0.4 is 5.32 Å². The normalized spacial score (nSPS) is 11.2. The Bertz CT molecular complexity index is 811. The fourth-order valence-corrected chi connectivity index (χ4v) is 3.14. The molecule has 0 radical (unpaired) electrons. The average Bonchev–Trinajstić information content (AvgIpc) is 2.65. The van der Waals surface area contributed by atoms with Crippen LogP contribution in [0.3, 0.4) is 0 Å². The zero-order chi connectivity index (χ0) is 17.7. The van der Waals surface area contributed by atoms with Crippen molar-refractivity contribution < 1.29 is 9.90 Å². The largest absolute Gasteiger partial charge is 0.479 e. The summed E-state index contributed by atoms with van der Waals surface area (Å²) in [4.78, 5) is 12.4. The summed E-state index contributed by atoms with van der Waals surface area (Å²) in [5, 5.41) is 14.0. The third kappa shape index (κ3) is 3.43. The lowest BCUT2D eigenvalue weighted by Crippen LogP contribution is -2.49. The van der Waals surface area contributed by atoms with Crippen LogP contribution in [0, 0.1) is 0 Å². The second kappa shape index (κ2) is 7.51. The summed E-state index contributed by atoms with van der Waals surface area (Å²) < 4.78 is 0. The van der Waals surface area contributed by atoms with Gasteiger partial charge in [0.2, 0.25) is 0 Å². The number of hydrogen-bond donors (Lipinski definition) is 2. The summed E-state index contributed by atoms with van der Waals surface area (Å²) >= 11 is 6.24. The van der Waals surface area contributed by atoms with Gasteiger partial charge in [0.05, 0.1) is 0 Å². The van der Waals surface area contributed by atoms with Crippen LogP contribution in [-0.2, 0) is 16.9 Å². The van der Waals surface area contributed by atoms with Crippen LogP contribution in [0.5, 0.6) is 0 Å². The van der Waals surface area contributed by atoms with Crippen LogP contribution in [-0.4, -0.2) is 11.1 Å². The molecule has 2 N–H and O–H groups in total. The third-order valence-corrected chi connectivity index (χ3v) is 4.60. The number of carbonyl (C=O) groups is 1. The van der Waals surface area contributed by atoms with Crippen molar-refractivity contribution in [3.8, 4) is 0 Å². The molecule has 0 aliphatic carbocycles. The highest BCUT2D eigenvalue weighted by Gasteiger charge is 2.41. The van der Waals surface area contributed by atoms with E-state index in [1.54, 1.807) is 6.07 Å². The number of carboxylic acid groups (broad SMARTS) is 1. The number of hydrogen-bond acceptors (Lipinski definition) is 2. The van der Waals surface area contributed by atoms with Gasteiger partial charge in [-0.2, -0.15) is 0 Å². The Labute approximate surface area is 151 Å². The second-order valence-corrected chi connectivity index (χ2v) is 6.14. The van der Waals surface area contributed by atoms with Gasteiger partial charge in [0.1, 0.15) is 0 Å². The van der Waals surface area contributed by atoms with E-state index >= 15 is 0 Å². The van der Waals surface area contributed by atoms with E-state index in [2.05, 4.69) is 5.32 Å². The van der Waals surface area contributed by atoms with Crippen molar-refractivity contribution in [3.63, 3.8) is 0 Å². The van der Waals surface area contributed by atoms with E-state index in [9.17, 15) is 9.90 Å².